The minimum atomic E-state index is -1.34. The van der Waals surface area contributed by atoms with Crippen LogP contribution in [0.1, 0.15) is 33.3 Å². The van der Waals surface area contributed by atoms with Gasteiger partial charge in [0.1, 0.15) is 12.2 Å². The summed E-state index contributed by atoms with van der Waals surface area (Å²) in [6.07, 6.45) is -0.696. The SMILES string of the molecule is CC(C)(C)OC(=O)N[C@](C)(Br)C(=O)OCc1ccccc1. The van der Waals surface area contributed by atoms with Gasteiger partial charge in [0.15, 0.2) is 4.45 Å². The van der Waals surface area contributed by atoms with Crippen molar-refractivity contribution in [3.8, 4) is 0 Å². The van der Waals surface area contributed by atoms with E-state index >= 15 is 0 Å². The molecular formula is C15H20BrNO4. The van der Waals surface area contributed by atoms with Crippen LogP contribution in [-0.4, -0.2) is 22.1 Å². The molecule has 21 heavy (non-hydrogen) atoms. The fraction of sp³-hybridized carbons (Fsp3) is 0.467. The number of benzene rings is 1. The Kier molecular flexibility index (Phi) is 5.78. The number of nitrogens with one attached hydrogen (secondary N) is 1. The second-order valence-electron chi connectivity index (χ2n) is 5.69. The summed E-state index contributed by atoms with van der Waals surface area (Å²) in [4.78, 5) is 23.7. The van der Waals surface area contributed by atoms with Crippen LogP contribution in [0, 0.1) is 0 Å². The van der Waals surface area contributed by atoms with Crippen molar-refractivity contribution >= 4 is 28.0 Å². The first kappa shape index (κ1) is 17.5. The summed E-state index contributed by atoms with van der Waals surface area (Å²) in [6.45, 7) is 6.85. The van der Waals surface area contributed by atoms with Crippen molar-refractivity contribution in [2.45, 2.75) is 44.4 Å². The van der Waals surface area contributed by atoms with E-state index in [-0.39, 0.29) is 6.61 Å². The molecule has 5 nitrogen and oxygen atoms in total. The Balaban J connectivity index is 2.53. The number of halogens is 1. The Morgan fingerprint density at radius 2 is 1.71 bits per heavy atom. The van der Waals surface area contributed by atoms with Gasteiger partial charge < -0.3 is 9.47 Å². The standard InChI is InChI=1S/C15H20BrNO4/c1-14(2,3)21-13(19)17-15(4,16)12(18)20-10-11-8-6-5-7-9-11/h5-9H,10H2,1-4H3,(H,17,19)/t15-/m0/s1. The van der Waals surface area contributed by atoms with Crippen molar-refractivity contribution in [3.05, 3.63) is 35.9 Å². The predicted molar refractivity (Wildman–Crippen MR) is 82.9 cm³/mol. The van der Waals surface area contributed by atoms with Gasteiger partial charge in [-0.05, 0) is 49.2 Å². The van der Waals surface area contributed by atoms with Crippen LogP contribution in [0.15, 0.2) is 30.3 Å². The van der Waals surface area contributed by atoms with Crippen molar-refractivity contribution < 1.29 is 19.1 Å². The summed E-state index contributed by atoms with van der Waals surface area (Å²) in [5.41, 5.74) is 0.229. The smallest absolute Gasteiger partial charge is 0.409 e. The highest BCUT2D eigenvalue weighted by atomic mass is 79.9. The van der Waals surface area contributed by atoms with E-state index in [1.54, 1.807) is 20.8 Å². The first-order valence-electron chi connectivity index (χ1n) is 6.51. The molecule has 0 saturated heterocycles. The van der Waals surface area contributed by atoms with Crippen LogP contribution in [0.3, 0.4) is 0 Å². The summed E-state index contributed by atoms with van der Waals surface area (Å²) in [5, 5.41) is 2.43. The molecule has 1 aromatic carbocycles. The average molecular weight is 358 g/mol. The number of amides is 1. The molecule has 0 aliphatic heterocycles. The molecule has 6 heteroatoms. The van der Waals surface area contributed by atoms with Gasteiger partial charge in [-0.15, -0.1) is 0 Å². The minimum Gasteiger partial charge on any atom is -0.458 e. The van der Waals surface area contributed by atoms with E-state index in [4.69, 9.17) is 9.47 Å². The first-order chi connectivity index (χ1) is 9.60. The van der Waals surface area contributed by atoms with Crippen molar-refractivity contribution in [2.24, 2.45) is 0 Å². The third-order valence-electron chi connectivity index (χ3n) is 2.33. The number of carbonyl (C=O) groups is 2. The summed E-state index contributed by atoms with van der Waals surface area (Å²) in [7, 11) is 0. The van der Waals surface area contributed by atoms with Crippen molar-refractivity contribution in [3.63, 3.8) is 0 Å². The first-order valence-corrected chi connectivity index (χ1v) is 7.31. The molecule has 0 unspecified atom stereocenters. The lowest BCUT2D eigenvalue weighted by Crippen LogP contribution is -2.49. The zero-order valence-corrected chi connectivity index (χ0v) is 14.2. The van der Waals surface area contributed by atoms with Crippen LogP contribution in [0.5, 0.6) is 0 Å². The van der Waals surface area contributed by atoms with Gasteiger partial charge in [0.25, 0.3) is 0 Å². The number of hydrogen-bond acceptors (Lipinski definition) is 4. The molecule has 0 saturated carbocycles. The molecule has 1 rings (SSSR count). The van der Waals surface area contributed by atoms with E-state index in [1.165, 1.54) is 6.92 Å². The molecule has 0 radical (unpaired) electrons. The van der Waals surface area contributed by atoms with E-state index in [0.29, 0.717) is 0 Å². The van der Waals surface area contributed by atoms with E-state index in [2.05, 4.69) is 21.2 Å². The van der Waals surface area contributed by atoms with Crippen molar-refractivity contribution in [1.82, 2.24) is 5.32 Å². The predicted octanol–water partition coefficient (Wildman–Crippen LogP) is 3.37. The Labute approximate surface area is 133 Å². The Hall–Kier alpha value is -1.56. The van der Waals surface area contributed by atoms with Gasteiger partial charge in [0.2, 0.25) is 0 Å². The number of carbonyl (C=O) groups excluding carboxylic acids is 2. The van der Waals surface area contributed by atoms with Crippen molar-refractivity contribution in [1.29, 1.82) is 0 Å². The quantitative estimate of drug-likeness (QED) is 0.509. The maximum Gasteiger partial charge on any atom is 0.409 e. The second-order valence-corrected chi connectivity index (χ2v) is 7.28. The number of esters is 1. The maximum absolute atomic E-state index is 12.0. The van der Waals surface area contributed by atoms with E-state index < -0.39 is 22.1 Å². The zero-order chi connectivity index (χ0) is 16.1. The van der Waals surface area contributed by atoms with E-state index in [9.17, 15) is 9.59 Å². The maximum atomic E-state index is 12.0. The third kappa shape index (κ3) is 6.62. The van der Waals surface area contributed by atoms with Gasteiger partial charge in [0.05, 0.1) is 0 Å². The Morgan fingerprint density at radius 1 is 1.14 bits per heavy atom. The lowest BCUT2D eigenvalue weighted by molar-refractivity contribution is -0.148. The fourth-order valence-corrected chi connectivity index (χ4v) is 1.68. The molecule has 0 fully saturated rings. The molecule has 0 heterocycles. The topological polar surface area (TPSA) is 64.6 Å². The third-order valence-corrected chi connectivity index (χ3v) is 2.85. The van der Waals surface area contributed by atoms with Crippen LogP contribution in [0.25, 0.3) is 0 Å². The molecule has 1 N–H and O–H groups in total. The number of rotatable bonds is 4. The van der Waals surface area contributed by atoms with Gasteiger partial charge in [0, 0.05) is 0 Å². The number of ether oxygens (including phenoxy) is 2. The largest absolute Gasteiger partial charge is 0.458 e. The van der Waals surface area contributed by atoms with Crippen LogP contribution in [-0.2, 0) is 20.9 Å². The summed E-state index contributed by atoms with van der Waals surface area (Å²) >= 11 is 3.14. The van der Waals surface area contributed by atoms with Crippen molar-refractivity contribution in [2.75, 3.05) is 0 Å². The highest BCUT2D eigenvalue weighted by Crippen LogP contribution is 2.18. The molecule has 1 atom stereocenters. The van der Waals surface area contributed by atoms with Crippen LogP contribution < -0.4 is 5.32 Å². The highest BCUT2D eigenvalue weighted by Gasteiger charge is 2.35. The van der Waals surface area contributed by atoms with Gasteiger partial charge in [-0.3, -0.25) is 5.32 Å². The highest BCUT2D eigenvalue weighted by molar-refractivity contribution is 9.10. The van der Waals surface area contributed by atoms with Gasteiger partial charge in [-0.2, -0.15) is 0 Å². The minimum absolute atomic E-state index is 0.136. The van der Waals surface area contributed by atoms with Gasteiger partial charge >= 0.3 is 12.1 Å². The van der Waals surface area contributed by atoms with E-state index in [1.807, 2.05) is 30.3 Å². The molecule has 0 bridgehead atoms. The summed E-state index contributed by atoms with van der Waals surface area (Å²) < 4.78 is 8.92. The molecule has 1 aromatic rings. The molecule has 0 aliphatic rings. The number of hydrogen-bond donors (Lipinski definition) is 1. The zero-order valence-electron chi connectivity index (χ0n) is 12.6. The molecule has 0 aromatic heterocycles. The number of alkyl halides is 1. The van der Waals surface area contributed by atoms with E-state index in [0.717, 1.165) is 5.56 Å². The van der Waals surface area contributed by atoms with Crippen LogP contribution in [0.2, 0.25) is 0 Å². The molecule has 0 spiro atoms. The molecule has 116 valence electrons. The number of alkyl carbamates (subject to hydrolysis) is 1. The normalized spacial score (nSPS) is 14.0. The lowest BCUT2D eigenvalue weighted by Gasteiger charge is -2.25. The van der Waals surface area contributed by atoms with Gasteiger partial charge in [-0.1, -0.05) is 30.3 Å². The molecular weight excluding hydrogens is 338 g/mol. The lowest BCUT2D eigenvalue weighted by atomic mass is 10.2. The molecule has 1 amide bonds. The summed E-state index contributed by atoms with van der Waals surface area (Å²) in [5.74, 6) is -0.600. The van der Waals surface area contributed by atoms with Crippen LogP contribution in [0.4, 0.5) is 4.79 Å². The molecule has 0 aliphatic carbocycles. The van der Waals surface area contributed by atoms with Gasteiger partial charge in [-0.25, -0.2) is 9.59 Å². The second kappa shape index (κ2) is 6.93. The monoisotopic (exact) mass is 357 g/mol. The summed E-state index contributed by atoms with van der Waals surface area (Å²) in [6, 6.07) is 9.29. The fourth-order valence-electron chi connectivity index (χ4n) is 1.40. The van der Waals surface area contributed by atoms with Crippen LogP contribution >= 0.6 is 15.9 Å². The Bertz CT molecular complexity index is 494. The Morgan fingerprint density at radius 3 is 2.24 bits per heavy atom. The average Bonchev–Trinajstić information content (AvgIpc) is 2.34.